The Labute approximate surface area is 183 Å². The van der Waals surface area contributed by atoms with E-state index >= 15 is 0 Å². The standard InChI is InChI=1S/C24H21N3O5/c1-14-4-7-17(8-5-14)23(29)26-20-11-18(9-6-15(20)2)24(30)31-13-19-12-22(28)27-21(25-19)10-16(3)32-27/h4-12H,13H2,1-3H3,(H,26,29). The fourth-order valence-corrected chi connectivity index (χ4v) is 3.15. The normalized spacial score (nSPS) is 10.8. The Kier molecular flexibility index (Phi) is 5.59. The molecule has 2 heterocycles. The van der Waals surface area contributed by atoms with Gasteiger partial charge in [0.2, 0.25) is 0 Å². The maximum atomic E-state index is 12.6. The molecule has 0 saturated heterocycles. The number of hydrogen-bond donors (Lipinski definition) is 1. The summed E-state index contributed by atoms with van der Waals surface area (Å²) in [5.74, 6) is -0.322. The van der Waals surface area contributed by atoms with Gasteiger partial charge in [0, 0.05) is 23.4 Å². The molecule has 0 saturated carbocycles. The maximum Gasteiger partial charge on any atom is 0.338 e. The second-order valence-electron chi connectivity index (χ2n) is 7.51. The van der Waals surface area contributed by atoms with Gasteiger partial charge in [0.1, 0.15) is 12.4 Å². The summed E-state index contributed by atoms with van der Waals surface area (Å²) in [5.41, 5.74) is 3.42. The third kappa shape index (κ3) is 4.44. The molecule has 8 nitrogen and oxygen atoms in total. The second-order valence-corrected chi connectivity index (χ2v) is 7.51. The van der Waals surface area contributed by atoms with Gasteiger partial charge in [0.05, 0.1) is 11.3 Å². The lowest BCUT2D eigenvalue weighted by Crippen LogP contribution is -2.15. The Morgan fingerprint density at radius 2 is 1.72 bits per heavy atom. The molecule has 32 heavy (non-hydrogen) atoms. The minimum absolute atomic E-state index is 0.173. The Morgan fingerprint density at radius 3 is 2.47 bits per heavy atom. The molecule has 0 fully saturated rings. The highest BCUT2D eigenvalue weighted by Crippen LogP contribution is 2.19. The zero-order chi connectivity index (χ0) is 22.8. The van der Waals surface area contributed by atoms with Crippen molar-refractivity contribution < 1.29 is 18.8 Å². The van der Waals surface area contributed by atoms with E-state index in [9.17, 15) is 14.4 Å². The van der Waals surface area contributed by atoms with Gasteiger partial charge < -0.3 is 14.6 Å². The Balaban J connectivity index is 1.47. The lowest BCUT2D eigenvalue weighted by atomic mass is 10.1. The minimum Gasteiger partial charge on any atom is -0.456 e. The topological polar surface area (TPSA) is 103 Å². The summed E-state index contributed by atoms with van der Waals surface area (Å²) >= 11 is 0. The minimum atomic E-state index is -0.596. The van der Waals surface area contributed by atoms with Crippen molar-refractivity contribution in [1.29, 1.82) is 0 Å². The number of rotatable bonds is 5. The van der Waals surface area contributed by atoms with E-state index in [1.807, 2.05) is 26.0 Å². The highest BCUT2D eigenvalue weighted by Gasteiger charge is 2.14. The number of ether oxygens (including phenoxy) is 1. The van der Waals surface area contributed by atoms with Crippen molar-refractivity contribution in [2.75, 3.05) is 5.32 Å². The van der Waals surface area contributed by atoms with Gasteiger partial charge in [-0.25, -0.2) is 9.78 Å². The highest BCUT2D eigenvalue weighted by molar-refractivity contribution is 6.05. The molecule has 0 aliphatic rings. The number of esters is 1. The van der Waals surface area contributed by atoms with Crippen LogP contribution in [0.1, 0.15) is 43.3 Å². The van der Waals surface area contributed by atoms with Gasteiger partial charge in [0.15, 0.2) is 5.65 Å². The predicted octanol–water partition coefficient (Wildman–Crippen LogP) is 3.82. The summed E-state index contributed by atoms with van der Waals surface area (Å²) in [7, 11) is 0. The van der Waals surface area contributed by atoms with Crippen LogP contribution in [0.25, 0.3) is 5.65 Å². The van der Waals surface area contributed by atoms with Crippen LogP contribution in [0.15, 0.2) is 63.9 Å². The Bertz CT molecular complexity index is 1380. The number of aromatic nitrogens is 2. The van der Waals surface area contributed by atoms with E-state index in [-0.39, 0.29) is 18.1 Å². The lowest BCUT2D eigenvalue weighted by Gasteiger charge is -2.11. The third-order valence-electron chi connectivity index (χ3n) is 4.91. The molecular weight excluding hydrogens is 410 g/mol. The van der Waals surface area contributed by atoms with E-state index in [1.165, 1.54) is 6.07 Å². The van der Waals surface area contributed by atoms with E-state index in [0.717, 1.165) is 15.7 Å². The number of nitrogens with one attached hydrogen (secondary N) is 1. The number of fused-ring (bicyclic) bond motifs is 1. The summed E-state index contributed by atoms with van der Waals surface area (Å²) < 4.78 is 11.6. The summed E-state index contributed by atoms with van der Waals surface area (Å²) in [6.45, 7) is 5.31. The molecule has 162 valence electrons. The summed E-state index contributed by atoms with van der Waals surface area (Å²) in [5, 5.41) is 2.83. The molecule has 1 amide bonds. The third-order valence-corrected chi connectivity index (χ3v) is 4.91. The van der Waals surface area contributed by atoms with Crippen LogP contribution in [0.3, 0.4) is 0 Å². The molecular formula is C24H21N3O5. The maximum absolute atomic E-state index is 12.6. The lowest BCUT2D eigenvalue weighted by molar-refractivity contribution is 0.0467. The van der Waals surface area contributed by atoms with Crippen molar-refractivity contribution in [3.63, 3.8) is 0 Å². The zero-order valence-electron chi connectivity index (χ0n) is 17.8. The molecule has 0 spiro atoms. The van der Waals surface area contributed by atoms with Gasteiger partial charge >= 0.3 is 5.97 Å². The first-order valence-corrected chi connectivity index (χ1v) is 9.95. The van der Waals surface area contributed by atoms with Gasteiger partial charge in [-0.15, -0.1) is 4.57 Å². The average molecular weight is 431 g/mol. The first-order valence-electron chi connectivity index (χ1n) is 9.95. The number of benzene rings is 2. The molecule has 0 atom stereocenters. The molecule has 2 aromatic carbocycles. The SMILES string of the molecule is Cc1ccc(C(=O)Nc2cc(C(=O)OCc3cc(=O)n4oc(C)cc4n3)ccc2C)cc1. The van der Waals surface area contributed by atoms with Crippen molar-refractivity contribution in [1.82, 2.24) is 9.56 Å². The number of nitrogens with zero attached hydrogens (tertiary/aromatic N) is 2. The molecule has 0 aliphatic heterocycles. The molecule has 0 aliphatic carbocycles. The van der Waals surface area contributed by atoms with Crippen LogP contribution in [-0.4, -0.2) is 21.4 Å². The fraction of sp³-hybridized carbons (Fsp3) is 0.167. The fourth-order valence-electron chi connectivity index (χ4n) is 3.15. The number of carbonyl (C=O) groups is 2. The first kappa shape index (κ1) is 21.0. The van der Waals surface area contributed by atoms with Crippen LogP contribution in [0, 0.1) is 20.8 Å². The number of anilines is 1. The molecule has 0 unspecified atom stereocenters. The van der Waals surface area contributed by atoms with Crippen molar-refractivity contribution >= 4 is 23.2 Å². The molecule has 1 N–H and O–H groups in total. The van der Waals surface area contributed by atoms with Gasteiger partial charge in [0.25, 0.3) is 11.5 Å². The number of hydrogen-bond acceptors (Lipinski definition) is 6. The molecule has 4 aromatic rings. The molecule has 4 rings (SSSR count). The van der Waals surface area contributed by atoms with Gasteiger partial charge in [-0.2, -0.15) is 0 Å². The van der Waals surface area contributed by atoms with Crippen LogP contribution >= 0.6 is 0 Å². The van der Waals surface area contributed by atoms with Gasteiger partial charge in [-0.1, -0.05) is 23.8 Å². The van der Waals surface area contributed by atoms with Crippen molar-refractivity contribution in [2.24, 2.45) is 0 Å². The van der Waals surface area contributed by atoms with Crippen molar-refractivity contribution in [2.45, 2.75) is 27.4 Å². The van der Waals surface area contributed by atoms with E-state index in [4.69, 9.17) is 9.26 Å². The predicted molar refractivity (Wildman–Crippen MR) is 118 cm³/mol. The first-order chi connectivity index (χ1) is 15.3. The van der Waals surface area contributed by atoms with Crippen LogP contribution in [0.2, 0.25) is 0 Å². The Morgan fingerprint density at radius 1 is 1.00 bits per heavy atom. The average Bonchev–Trinajstić information content (AvgIpc) is 3.15. The van der Waals surface area contributed by atoms with Gasteiger partial charge in [-0.3, -0.25) is 9.59 Å². The van der Waals surface area contributed by atoms with Crippen molar-refractivity contribution in [3.8, 4) is 0 Å². The molecule has 8 heteroatoms. The van der Waals surface area contributed by atoms with Crippen LogP contribution in [0.5, 0.6) is 0 Å². The summed E-state index contributed by atoms with van der Waals surface area (Å²) in [4.78, 5) is 41.5. The zero-order valence-corrected chi connectivity index (χ0v) is 17.8. The summed E-state index contributed by atoms with van der Waals surface area (Å²) in [6, 6.07) is 15.0. The Hall–Kier alpha value is -4.20. The van der Waals surface area contributed by atoms with E-state index < -0.39 is 11.5 Å². The largest absolute Gasteiger partial charge is 0.456 e. The van der Waals surface area contributed by atoms with Crippen LogP contribution in [0.4, 0.5) is 5.69 Å². The van der Waals surface area contributed by atoms with Crippen LogP contribution < -0.4 is 10.9 Å². The smallest absolute Gasteiger partial charge is 0.338 e. The monoisotopic (exact) mass is 431 g/mol. The summed E-state index contributed by atoms with van der Waals surface area (Å²) in [6.07, 6.45) is 0. The molecule has 2 aromatic heterocycles. The number of aryl methyl sites for hydroxylation is 3. The molecule has 0 bridgehead atoms. The van der Waals surface area contributed by atoms with E-state index in [0.29, 0.717) is 28.4 Å². The quantitative estimate of drug-likeness (QED) is 0.482. The number of carbonyl (C=O) groups excluding carboxylic acids is 2. The molecule has 0 radical (unpaired) electrons. The van der Waals surface area contributed by atoms with Crippen molar-refractivity contribution in [3.05, 3.63) is 98.7 Å². The number of amides is 1. The van der Waals surface area contributed by atoms with Crippen LogP contribution in [-0.2, 0) is 11.3 Å². The van der Waals surface area contributed by atoms with E-state index in [1.54, 1.807) is 43.3 Å². The second kappa shape index (κ2) is 8.50. The highest BCUT2D eigenvalue weighted by atomic mass is 16.5. The van der Waals surface area contributed by atoms with Gasteiger partial charge in [-0.05, 0) is 50.6 Å². The van der Waals surface area contributed by atoms with E-state index in [2.05, 4.69) is 10.3 Å².